The number of para-hydroxylation sites is 1. The van der Waals surface area contributed by atoms with E-state index in [2.05, 4.69) is 61.6 Å². The van der Waals surface area contributed by atoms with Crippen molar-refractivity contribution in [3.05, 3.63) is 53.2 Å². The molecule has 16 heavy (non-hydrogen) atoms. The average molecular weight is 209 g/mol. The number of pyridine rings is 1. The van der Waals surface area contributed by atoms with E-state index in [1.165, 1.54) is 33.2 Å². The molecule has 0 N–H and O–H groups in total. The zero-order valence-corrected chi connectivity index (χ0v) is 9.91. The van der Waals surface area contributed by atoms with Crippen LogP contribution in [0, 0.1) is 20.8 Å². The summed E-state index contributed by atoms with van der Waals surface area (Å²) in [5.41, 5.74) is 6.65. The molecule has 2 heterocycles. The van der Waals surface area contributed by atoms with E-state index in [0.29, 0.717) is 0 Å². The Bertz CT molecular complexity index is 689. The van der Waals surface area contributed by atoms with Crippen molar-refractivity contribution >= 4 is 16.4 Å². The highest BCUT2D eigenvalue weighted by Crippen LogP contribution is 2.25. The van der Waals surface area contributed by atoms with Gasteiger partial charge in [-0.2, -0.15) is 0 Å². The Labute approximate surface area is 95.3 Å². The van der Waals surface area contributed by atoms with Crippen LogP contribution in [0.15, 0.2) is 36.4 Å². The van der Waals surface area contributed by atoms with E-state index >= 15 is 0 Å². The number of aryl methyl sites for hydroxylation is 3. The molecule has 80 valence electrons. The third-order valence-corrected chi connectivity index (χ3v) is 3.35. The maximum Gasteiger partial charge on any atom is 0.0533 e. The van der Waals surface area contributed by atoms with Gasteiger partial charge < -0.3 is 4.40 Å². The highest BCUT2D eigenvalue weighted by atomic mass is 14.9. The van der Waals surface area contributed by atoms with Gasteiger partial charge in [0, 0.05) is 16.6 Å². The lowest BCUT2D eigenvalue weighted by molar-refractivity contribution is 1.16. The summed E-state index contributed by atoms with van der Waals surface area (Å²) in [6.07, 6.45) is 0. The summed E-state index contributed by atoms with van der Waals surface area (Å²) in [6.45, 7) is 6.53. The molecule has 0 atom stereocenters. The van der Waals surface area contributed by atoms with E-state index in [9.17, 15) is 0 Å². The van der Waals surface area contributed by atoms with E-state index in [1.54, 1.807) is 0 Å². The van der Waals surface area contributed by atoms with Gasteiger partial charge >= 0.3 is 0 Å². The largest absolute Gasteiger partial charge is 0.314 e. The summed E-state index contributed by atoms with van der Waals surface area (Å²) in [5, 5.41) is 1.34. The molecule has 1 nitrogen and oxygen atoms in total. The van der Waals surface area contributed by atoms with Crippen LogP contribution in [0.2, 0.25) is 0 Å². The molecule has 1 aromatic carbocycles. The minimum absolute atomic E-state index is 1.31. The summed E-state index contributed by atoms with van der Waals surface area (Å²) in [4.78, 5) is 0. The van der Waals surface area contributed by atoms with Gasteiger partial charge in [-0.15, -0.1) is 0 Å². The van der Waals surface area contributed by atoms with Crippen LogP contribution in [0.25, 0.3) is 16.4 Å². The van der Waals surface area contributed by atoms with Crippen LogP contribution in [-0.2, 0) is 0 Å². The molecule has 1 heteroatoms. The number of hydrogen-bond acceptors (Lipinski definition) is 0. The minimum atomic E-state index is 1.31. The van der Waals surface area contributed by atoms with Gasteiger partial charge in [-0.25, -0.2) is 0 Å². The van der Waals surface area contributed by atoms with E-state index in [1.807, 2.05) is 0 Å². The lowest BCUT2D eigenvalue weighted by atomic mass is 10.1. The Kier molecular flexibility index (Phi) is 1.84. The summed E-state index contributed by atoms with van der Waals surface area (Å²) in [5.74, 6) is 0. The summed E-state index contributed by atoms with van der Waals surface area (Å²) >= 11 is 0. The fourth-order valence-electron chi connectivity index (χ4n) is 2.60. The van der Waals surface area contributed by atoms with Crippen molar-refractivity contribution in [2.45, 2.75) is 20.8 Å². The Morgan fingerprint density at radius 3 is 2.38 bits per heavy atom. The molecule has 0 spiro atoms. The van der Waals surface area contributed by atoms with Crippen molar-refractivity contribution in [3.8, 4) is 0 Å². The molecule has 0 fully saturated rings. The van der Waals surface area contributed by atoms with Crippen LogP contribution in [0.5, 0.6) is 0 Å². The molecule has 0 saturated carbocycles. The first-order chi connectivity index (χ1) is 7.68. The highest BCUT2D eigenvalue weighted by molar-refractivity contribution is 5.87. The number of benzene rings is 1. The van der Waals surface area contributed by atoms with Crippen molar-refractivity contribution in [1.82, 2.24) is 4.40 Å². The number of nitrogens with zero attached hydrogens (tertiary/aromatic N) is 1. The van der Waals surface area contributed by atoms with Gasteiger partial charge in [0.15, 0.2) is 0 Å². The zero-order valence-electron chi connectivity index (χ0n) is 9.91. The number of rotatable bonds is 0. The molecule has 3 aromatic rings. The predicted molar refractivity (Wildman–Crippen MR) is 69.1 cm³/mol. The quantitative estimate of drug-likeness (QED) is 0.527. The normalized spacial score (nSPS) is 11.4. The lowest BCUT2D eigenvalue weighted by Crippen LogP contribution is -1.92. The molecule has 0 aliphatic carbocycles. The first-order valence-corrected chi connectivity index (χ1v) is 5.65. The standard InChI is InChI=1S/C15H15N/c1-10-9-15-11(2)8-12(3)16(15)14-7-5-4-6-13(10)14/h4-9H,1-3H3. The molecule has 0 unspecified atom stereocenters. The van der Waals surface area contributed by atoms with Crippen molar-refractivity contribution in [1.29, 1.82) is 0 Å². The fourth-order valence-corrected chi connectivity index (χ4v) is 2.60. The molecular formula is C15H15N. The predicted octanol–water partition coefficient (Wildman–Crippen LogP) is 4.02. The first-order valence-electron chi connectivity index (χ1n) is 5.65. The monoisotopic (exact) mass is 209 g/mol. The number of aromatic nitrogens is 1. The van der Waals surface area contributed by atoms with Crippen LogP contribution in [0.1, 0.15) is 16.8 Å². The average Bonchev–Trinajstić information content (AvgIpc) is 2.55. The van der Waals surface area contributed by atoms with Gasteiger partial charge in [0.25, 0.3) is 0 Å². The lowest BCUT2D eigenvalue weighted by Gasteiger charge is -2.08. The molecule has 2 aromatic heterocycles. The minimum Gasteiger partial charge on any atom is -0.314 e. The van der Waals surface area contributed by atoms with Crippen molar-refractivity contribution in [2.24, 2.45) is 0 Å². The topological polar surface area (TPSA) is 4.41 Å². The third kappa shape index (κ3) is 1.12. The summed E-state index contributed by atoms with van der Waals surface area (Å²) in [6, 6.07) is 13.1. The zero-order chi connectivity index (χ0) is 11.3. The summed E-state index contributed by atoms with van der Waals surface area (Å²) in [7, 11) is 0. The second kappa shape index (κ2) is 3.11. The Hall–Kier alpha value is -1.76. The molecule has 0 amide bonds. The van der Waals surface area contributed by atoms with E-state index in [0.717, 1.165) is 0 Å². The fraction of sp³-hybridized carbons (Fsp3) is 0.200. The second-order valence-electron chi connectivity index (χ2n) is 4.53. The van der Waals surface area contributed by atoms with E-state index in [4.69, 9.17) is 0 Å². The van der Waals surface area contributed by atoms with Crippen LogP contribution in [0.4, 0.5) is 0 Å². The van der Waals surface area contributed by atoms with Crippen molar-refractivity contribution in [2.75, 3.05) is 0 Å². The second-order valence-corrected chi connectivity index (χ2v) is 4.53. The molecular weight excluding hydrogens is 194 g/mol. The van der Waals surface area contributed by atoms with Gasteiger partial charge in [-0.1, -0.05) is 18.2 Å². The van der Waals surface area contributed by atoms with Crippen molar-refractivity contribution in [3.63, 3.8) is 0 Å². The van der Waals surface area contributed by atoms with E-state index in [-0.39, 0.29) is 0 Å². The smallest absolute Gasteiger partial charge is 0.0533 e. The van der Waals surface area contributed by atoms with Crippen molar-refractivity contribution < 1.29 is 0 Å². The Morgan fingerprint density at radius 1 is 0.812 bits per heavy atom. The molecule has 3 rings (SSSR count). The molecule has 0 radical (unpaired) electrons. The van der Waals surface area contributed by atoms with Gasteiger partial charge in [0.1, 0.15) is 0 Å². The summed E-state index contributed by atoms with van der Waals surface area (Å²) < 4.78 is 2.34. The molecule has 0 bridgehead atoms. The van der Waals surface area contributed by atoms with Crippen LogP contribution in [-0.4, -0.2) is 4.40 Å². The molecule has 0 aliphatic heterocycles. The van der Waals surface area contributed by atoms with Crippen LogP contribution < -0.4 is 0 Å². The molecule has 0 aliphatic rings. The van der Waals surface area contributed by atoms with E-state index < -0.39 is 0 Å². The van der Waals surface area contributed by atoms with Crippen LogP contribution in [0.3, 0.4) is 0 Å². The SMILES string of the molecule is Cc1cc2c(C)cc(C)n2c2ccccc12. The number of hydrogen-bond donors (Lipinski definition) is 0. The number of fused-ring (bicyclic) bond motifs is 3. The highest BCUT2D eigenvalue weighted by Gasteiger charge is 2.07. The van der Waals surface area contributed by atoms with Gasteiger partial charge in [0.2, 0.25) is 0 Å². The maximum absolute atomic E-state index is 2.34. The Morgan fingerprint density at radius 2 is 1.56 bits per heavy atom. The van der Waals surface area contributed by atoms with Gasteiger partial charge in [-0.05, 0) is 50.1 Å². The molecule has 0 saturated heterocycles. The maximum atomic E-state index is 2.34. The first kappa shape index (κ1) is 9.46. The van der Waals surface area contributed by atoms with Gasteiger partial charge in [-0.3, -0.25) is 0 Å². The van der Waals surface area contributed by atoms with Crippen LogP contribution >= 0.6 is 0 Å². The van der Waals surface area contributed by atoms with Gasteiger partial charge in [0.05, 0.1) is 5.52 Å². The third-order valence-electron chi connectivity index (χ3n) is 3.35. The Balaban J connectivity index is 2.67.